The summed E-state index contributed by atoms with van der Waals surface area (Å²) in [5, 5.41) is 0. The van der Waals surface area contributed by atoms with Gasteiger partial charge < -0.3 is 15.4 Å². The van der Waals surface area contributed by atoms with Crippen LogP contribution in [0.25, 0.3) is 0 Å². The van der Waals surface area contributed by atoms with Gasteiger partial charge in [-0.05, 0) is 70.8 Å². The van der Waals surface area contributed by atoms with Crippen LogP contribution in [0, 0.1) is 5.92 Å². The number of hydrogen-bond acceptors (Lipinski definition) is 3. The van der Waals surface area contributed by atoms with Crippen molar-refractivity contribution in [3.05, 3.63) is 24.3 Å². The average Bonchev–Trinajstić information content (AvgIpc) is 2.65. The Labute approximate surface area is 116 Å². The van der Waals surface area contributed by atoms with Crippen molar-refractivity contribution in [1.29, 1.82) is 0 Å². The van der Waals surface area contributed by atoms with E-state index in [1.807, 2.05) is 13.8 Å². The second kappa shape index (κ2) is 5.41. The molecule has 0 amide bonds. The highest BCUT2D eigenvalue weighted by atomic mass is 16.5. The van der Waals surface area contributed by atoms with Gasteiger partial charge in [0.2, 0.25) is 0 Å². The van der Waals surface area contributed by atoms with Gasteiger partial charge >= 0.3 is 0 Å². The molecular formula is C16H26N2O. The highest BCUT2D eigenvalue weighted by Gasteiger charge is 2.37. The molecule has 1 heterocycles. The lowest BCUT2D eigenvalue weighted by atomic mass is 9.96. The molecule has 1 aromatic rings. The van der Waals surface area contributed by atoms with E-state index in [1.54, 1.807) is 0 Å². The van der Waals surface area contributed by atoms with E-state index in [-0.39, 0.29) is 11.6 Å². The van der Waals surface area contributed by atoms with Gasteiger partial charge in [-0.15, -0.1) is 0 Å². The molecule has 3 heteroatoms. The van der Waals surface area contributed by atoms with Crippen LogP contribution in [-0.2, 0) is 0 Å². The van der Waals surface area contributed by atoms with E-state index < -0.39 is 0 Å². The predicted octanol–water partition coefficient (Wildman–Crippen LogP) is 3.04. The number of anilines is 1. The van der Waals surface area contributed by atoms with Gasteiger partial charge in [-0.1, -0.05) is 0 Å². The topological polar surface area (TPSA) is 38.5 Å². The number of rotatable bonds is 4. The van der Waals surface area contributed by atoms with Gasteiger partial charge in [-0.25, -0.2) is 0 Å². The minimum absolute atomic E-state index is 0.185. The van der Waals surface area contributed by atoms with Crippen LogP contribution in [0.4, 0.5) is 5.69 Å². The molecule has 2 rings (SSSR count). The maximum Gasteiger partial charge on any atom is 0.119 e. The van der Waals surface area contributed by atoms with Crippen LogP contribution in [0.1, 0.15) is 34.1 Å². The van der Waals surface area contributed by atoms with Gasteiger partial charge in [0.25, 0.3) is 0 Å². The Morgan fingerprint density at radius 2 is 1.95 bits per heavy atom. The summed E-state index contributed by atoms with van der Waals surface area (Å²) in [6.07, 6.45) is 1.38. The molecule has 19 heavy (non-hydrogen) atoms. The second-order valence-corrected chi connectivity index (χ2v) is 6.39. The minimum Gasteiger partial charge on any atom is -0.491 e. The van der Waals surface area contributed by atoms with Crippen molar-refractivity contribution in [3.63, 3.8) is 0 Å². The summed E-state index contributed by atoms with van der Waals surface area (Å²) in [5.41, 5.74) is 7.27. The molecule has 0 saturated carbocycles. The lowest BCUT2D eigenvalue weighted by Gasteiger charge is -2.33. The van der Waals surface area contributed by atoms with E-state index in [2.05, 4.69) is 43.0 Å². The summed E-state index contributed by atoms with van der Waals surface area (Å²) in [7, 11) is 0. The normalized spacial score (nSPS) is 22.0. The zero-order valence-corrected chi connectivity index (χ0v) is 12.5. The molecule has 1 aromatic carbocycles. The van der Waals surface area contributed by atoms with Crippen LogP contribution < -0.4 is 15.4 Å². The first kappa shape index (κ1) is 14.2. The molecule has 0 spiro atoms. The third kappa shape index (κ3) is 3.21. The van der Waals surface area contributed by atoms with Crippen LogP contribution in [0.3, 0.4) is 0 Å². The molecule has 2 N–H and O–H groups in total. The number of nitrogens with zero attached hydrogens (tertiary/aromatic N) is 1. The highest BCUT2D eigenvalue weighted by Crippen LogP contribution is 2.36. The molecular weight excluding hydrogens is 236 g/mol. The zero-order chi connectivity index (χ0) is 14.0. The van der Waals surface area contributed by atoms with Crippen LogP contribution in [0.15, 0.2) is 24.3 Å². The molecule has 0 bridgehead atoms. The van der Waals surface area contributed by atoms with Gasteiger partial charge in [-0.3, -0.25) is 0 Å². The summed E-state index contributed by atoms with van der Waals surface area (Å²) in [6.45, 7) is 10.5. The standard InChI is InChI=1S/C16H26N2O/c1-12(2)19-15-7-5-14(6-8-15)18-11-13(10-17)9-16(18,3)4/h5-8,12-13H,9-11,17H2,1-4H3. The summed E-state index contributed by atoms with van der Waals surface area (Å²) in [4.78, 5) is 2.46. The van der Waals surface area contributed by atoms with Crippen LogP contribution in [0.2, 0.25) is 0 Å². The highest BCUT2D eigenvalue weighted by molar-refractivity contribution is 5.52. The molecule has 1 atom stereocenters. The van der Waals surface area contributed by atoms with Gasteiger partial charge in [0.05, 0.1) is 6.10 Å². The molecule has 0 radical (unpaired) electrons. The van der Waals surface area contributed by atoms with Gasteiger partial charge in [0, 0.05) is 17.8 Å². The monoisotopic (exact) mass is 262 g/mol. The Hall–Kier alpha value is -1.22. The molecule has 3 nitrogen and oxygen atoms in total. The zero-order valence-electron chi connectivity index (χ0n) is 12.5. The maximum absolute atomic E-state index is 5.83. The van der Waals surface area contributed by atoms with Crippen molar-refractivity contribution < 1.29 is 4.74 Å². The molecule has 0 aliphatic carbocycles. The van der Waals surface area contributed by atoms with Crippen LogP contribution >= 0.6 is 0 Å². The minimum atomic E-state index is 0.185. The number of ether oxygens (including phenoxy) is 1. The predicted molar refractivity (Wildman–Crippen MR) is 80.8 cm³/mol. The van der Waals surface area contributed by atoms with E-state index in [4.69, 9.17) is 10.5 Å². The largest absolute Gasteiger partial charge is 0.491 e. The van der Waals surface area contributed by atoms with E-state index >= 15 is 0 Å². The van der Waals surface area contributed by atoms with Crippen LogP contribution in [0.5, 0.6) is 5.75 Å². The molecule has 1 saturated heterocycles. The summed E-state index contributed by atoms with van der Waals surface area (Å²) >= 11 is 0. The Balaban J connectivity index is 2.13. The van der Waals surface area contributed by atoms with Gasteiger partial charge in [-0.2, -0.15) is 0 Å². The first-order valence-corrected chi connectivity index (χ1v) is 7.17. The number of hydrogen-bond donors (Lipinski definition) is 1. The SMILES string of the molecule is CC(C)Oc1ccc(N2CC(CN)CC2(C)C)cc1. The van der Waals surface area contributed by atoms with Crippen molar-refractivity contribution in [2.75, 3.05) is 18.0 Å². The van der Waals surface area contributed by atoms with E-state index in [0.717, 1.165) is 25.3 Å². The fourth-order valence-electron chi connectivity index (χ4n) is 2.98. The number of nitrogens with two attached hydrogens (primary N) is 1. The summed E-state index contributed by atoms with van der Waals surface area (Å²) in [6, 6.07) is 8.42. The molecule has 1 aliphatic heterocycles. The number of benzene rings is 1. The second-order valence-electron chi connectivity index (χ2n) is 6.39. The lowest BCUT2D eigenvalue weighted by molar-refractivity contribution is 0.242. The Morgan fingerprint density at radius 1 is 1.32 bits per heavy atom. The van der Waals surface area contributed by atoms with E-state index in [1.165, 1.54) is 5.69 Å². The fourth-order valence-corrected chi connectivity index (χ4v) is 2.98. The lowest BCUT2D eigenvalue weighted by Crippen LogP contribution is -2.38. The first-order chi connectivity index (χ1) is 8.92. The Bertz CT molecular complexity index is 411. The van der Waals surface area contributed by atoms with Crippen molar-refractivity contribution in [2.45, 2.75) is 45.8 Å². The third-order valence-corrected chi connectivity index (χ3v) is 3.81. The summed E-state index contributed by atoms with van der Waals surface area (Å²) < 4.78 is 5.69. The van der Waals surface area contributed by atoms with Crippen molar-refractivity contribution in [3.8, 4) is 5.75 Å². The third-order valence-electron chi connectivity index (χ3n) is 3.81. The Morgan fingerprint density at radius 3 is 2.42 bits per heavy atom. The molecule has 0 aromatic heterocycles. The first-order valence-electron chi connectivity index (χ1n) is 7.17. The maximum atomic E-state index is 5.83. The average molecular weight is 262 g/mol. The van der Waals surface area contributed by atoms with Crippen molar-refractivity contribution in [2.24, 2.45) is 11.7 Å². The Kier molecular flexibility index (Phi) is 4.04. The van der Waals surface area contributed by atoms with E-state index in [0.29, 0.717) is 5.92 Å². The molecule has 1 fully saturated rings. The molecule has 1 aliphatic rings. The fraction of sp³-hybridized carbons (Fsp3) is 0.625. The quantitative estimate of drug-likeness (QED) is 0.906. The van der Waals surface area contributed by atoms with E-state index in [9.17, 15) is 0 Å². The van der Waals surface area contributed by atoms with Crippen LogP contribution in [-0.4, -0.2) is 24.7 Å². The van der Waals surface area contributed by atoms with Gasteiger partial charge in [0.15, 0.2) is 0 Å². The smallest absolute Gasteiger partial charge is 0.119 e. The summed E-state index contributed by atoms with van der Waals surface area (Å²) in [5.74, 6) is 1.53. The molecule has 1 unspecified atom stereocenters. The van der Waals surface area contributed by atoms with Crippen molar-refractivity contribution in [1.82, 2.24) is 0 Å². The molecule has 106 valence electrons. The van der Waals surface area contributed by atoms with Crippen molar-refractivity contribution >= 4 is 5.69 Å². The van der Waals surface area contributed by atoms with Gasteiger partial charge in [0.1, 0.15) is 5.75 Å².